The number of methoxy groups -OCH3 is 1. The van der Waals surface area contributed by atoms with Crippen LogP contribution in [-0.2, 0) is 13.0 Å². The van der Waals surface area contributed by atoms with Crippen LogP contribution in [0.15, 0.2) is 24.3 Å². The summed E-state index contributed by atoms with van der Waals surface area (Å²) >= 11 is 1.74. The van der Waals surface area contributed by atoms with Gasteiger partial charge in [-0.2, -0.15) is 0 Å². The largest absolute Gasteiger partial charge is 0.493 e. The van der Waals surface area contributed by atoms with Gasteiger partial charge in [0.2, 0.25) is 0 Å². The predicted molar refractivity (Wildman–Crippen MR) is 81.8 cm³/mol. The zero-order valence-corrected chi connectivity index (χ0v) is 12.9. The first-order chi connectivity index (χ1) is 9.74. The number of hydrogen-bond donors (Lipinski definition) is 1. The number of aromatic nitrogens is 1. The molecule has 0 amide bonds. The van der Waals surface area contributed by atoms with Gasteiger partial charge in [0.1, 0.15) is 0 Å². The van der Waals surface area contributed by atoms with E-state index in [1.54, 1.807) is 18.4 Å². The fourth-order valence-electron chi connectivity index (χ4n) is 1.91. The van der Waals surface area contributed by atoms with Gasteiger partial charge in [-0.3, -0.25) is 0 Å². The van der Waals surface area contributed by atoms with Crippen molar-refractivity contribution in [3.05, 3.63) is 39.8 Å². The van der Waals surface area contributed by atoms with Crippen molar-refractivity contribution in [3.63, 3.8) is 0 Å². The maximum absolute atomic E-state index is 5.77. The second-order valence-electron chi connectivity index (χ2n) is 4.40. The molecule has 0 aliphatic carbocycles. The molecule has 2 rings (SSSR count). The number of benzene rings is 1. The lowest BCUT2D eigenvalue weighted by atomic mass is 10.3. The first-order valence-corrected chi connectivity index (χ1v) is 7.42. The van der Waals surface area contributed by atoms with Crippen molar-refractivity contribution in [1.29, 1.82) is 0 Å². The topological polar surface area (TPSA) is 43.4 Å². The highest BCUT2D eigenvalue weighted by Crippen LogP contribution is 2.26. The molecule has 0 fully saturated rings. The van der Waals surface area contributed by atoms with Crippen molar-refractivity contribution in [2.75, 3.05) is 20.8 Å². The molecule has 0 radical (unpaired) electrons. The summed E-state index contributed by atoms with van der Waals surface area (Å²) in [5.41, 5.74) is 1.11. The van der Waals surface area contributed by atoms with Crippen LogP contribution < -0.4 is 14.8 Å². The van der Waals surface area contributed by atoms with E-state index in [4.69, 9.17) is 9.47 Å². The second-order valence-corrected chi connectivity index (χ2v) is 5.56. The lowest BCUT2D eigenvalue weighted by molar-refractivity contribution is 0.297. The molecule has 4 nitrogen and oxygen atoms in total. The highest BCUT2D eigenvalue weighted by Gasteiger charge is 2.08. The smallest absolute Gasteiger partial charge is 0.161 e. The Morgan fingerprint density at radius 1 is 1.25 bits per heavy atom. The number of para-hydroxylation sites is 2. The molecule has 1 aromatic heterocycles. The van der Waals surface area contributed by atoms with Crippen molar-refractivity contribution in [2.24, 2.45) is 0 Å². The molecule has 0 saturated carbocycles. The SMILES string of the molecule is CNCc1sc(CCOc2ccccc2OC)nc1C. The van der Waals surface area contributed by atoms with Crippen LogP contribution in [0.3, 0.4) is 0 Å². The van der Waals surface area contributed by atoms with E-state index < -0.39 is 0 Å². The number of rotatable bonds is 7. The lowest BCUT2D eigenvalue weighted by Crippen LogP contribution is -2.04. The summed E-state index contributed by atoms with van der Waals surface area (Å²) in [6, 6.07) is 7.68. The first kappa shape index (κ1) is 14.8. The van der Waals surface area contributed by atoms with E-state index in [9.17, 15) is 0 Å². The molecule has 0 saturated heterocycles. The summed E-state index contributed by atoms with van der Waals surface area (Å²) in [4.78, 5) is 5.86. The standard InChI is InChI=1S/C15H20N2O2S/c1-11-14(10-16-2)20-15(17-11)8-9-19-13-7-5-4-6-12(13)18-3/h4-7,16H,8-10H2,1-3H3. The predicted octanol–water partition coefficient (Wildman–Crippen LogP) is 2.80. The Labute approximate surface area is 123 Å². The number of nitrogens with zero attached hydrogens (tertiary/aromatic N) is 1. The van der Waals surface area contributed by atoms with Gasteiger partial charge in [-0.15, -0.1) is 11.3 Å². The van der Waals surface area contributed by atoms with Crippen molar-refractivity contribution >= 4 is 11.3 Å². The van der Waals surface area contributed by atoms with E-state index in [0.717, 1.165) is 35.2 Å². The Kier molecular flexibility index (Phi) is 5.38. The molecular weight excluding hydrogens is 272 g/mol. The van der Waals surface area contributed by atoms with Gasteiger partial charge in [0.25, 0.3) is 0 Å². The van der Waals surface area contributed by atoms with Gasteiger partial charge in [-0.05, 0) is 26.1 Å². The Hall–Kier alpha value is -1.59. The molecule has 2 aromatic rings. The average Bonchev–Trinajstić information content (AvgIpc) is 2.80. The summed E-state index contributed by atoms with van der Waals surface area (Å²) in [5.74, 6) is 1.54. The first-order valence-electron chi connectivity index (χ1n) is 6.60. The maximum atomic E-state index is 5.77. The van der Waals surface area contributed by atoms with Crippen LogP contribution >= 0.6 is 11.3 Å². The highest BCUT2D eigenvalue weighted by atomic mass is 32.1. The molecule has 0 aliphatic rings. The van der Waals surface area contributed by atoms with Crippen molar-refractivity contribution < 1.29 is 9.47 Å². The number of aryl methyl sites for hydroxylation is 1. The molecule has 108 valence electrons. The normalized spacial score (nSPS) is 10.6. The summed E-state index contributed by atoms with van der Waals surface area (Å²) < 4.78 is 11.0. The van der Waals surface area contributed by atoms with Crippen molar-refractivity contribution in [2.45, 2.75) is 19.9 Å². The number of nitrogens with one attached hydrogen (secondary N) is 1. The van der Waals surface area contributed by atoms with Gasteiger partial charge < -0.3 is 14.8 Å². The van der Waals surface area contributed by atoms with Crippen molar-refractivity contribution in [1.82, 2.24) is 10.3 Å². The highest BCUT2D eigenvalue weighted by molar-refractivity contribution is 7.11. The van der Waals surface area contributed by atoms with Gasteiger partial charge in [-0.1, -0.05) is 12.1 Å². The van der Waals surface area contributed by atoms with E-state index >= 15 is 0 Å². The van der Waals surface area contributed by atoms with E-state index in [0.29, 0.717) is 6.61 Å². The Balaban J connectivity index is 1.91. The molecule has 0 aliphatic heterocycles. The Morgan fingerprint density at radius 2 is 2.00 bits per heavy atom. The minimum Gasteiger partial charge on any atom is -0.493 e. The zero-order valence-electron chi connectivity index (χ0n) is 12.1. The van der Waals surface area contributed by atoms with E-state index in [-0.39, 0.29) is 0 Å². The van der Waals surface area contributed by atoms with Crippen LogP contribution in [0, 0.1) is 6.92 Å². The third-order valence-corrected chi connectivity index (χ3v) is 4.13. The summed E-state index contributed by atoms with van der Waals surface area (Å²) in [7, 11) is 3.60. The fraction of sp³-hybridized carbons (Fsp3) is 0.400. The van der Waals surface area contributed by atoms with Crippen LogP contribution in [0.4, 0.5) is 0 Å². The molecule has 0 atom stereocenters. The molecule has 0 bridgehead atoms. The molecule has 0 spiro atoms. The minimum absolute atomic E-state index is 0.603. The van der Waals surface area contributed by atoms with Crippen LogP contribution in [0.2, 0.25) is 0 Å². The fourth-order valence-corrected chi connectivity index (χ4v) is 2.97. The monoisotopic (exact) mass is 292 g/mol. The lowest BCUT2D eigenvalue weighted by Gasteiger charge is -2.09. The van der Waals surface area contributed by atoms with Gasteiger partial charge >= 0.3 is 0 Å². The van der Waals surface area contributed by atoms with Gasteiger partial charge in [-0.25, -0.2) is 4.98 Å². The minimum atomic E-state index is 0.603. The summed E-state index contributed by atoms with van der Waals surface area (Å²) in [6.07, 6.45) is 0.813. The van der Waals surface area contributed by atoms with Crippen LogP contribution in [-0.4, -0.2) is 25.7 Å². The summed E-state index contributed by atoms with van der Waals surface area (Å²) in [6.45, 7) is 3.52. The van der Waals surface area contributed by atoms with Crippen molar-refractivity contribution in [3.8, 4) is 11.5 Å². The number of ether oxygens (including phenoxy) is 2. The van der Waals surface area contributed by atoms with E-state index in [1.807, 2.05) is 38.2 Å². The number of hydrogen-bond acceptors (Lipinski definition) is 5. The molecule has 1 heterocycles. The van der Waals surface area contributed by atoms with Crippen LogP contribution in [0.5, 0.6) is 11.5 Å². The molecule has 0 unspecified atom stereocenters. The van der Waals surface area contributed by atoms with Gasteiger partial charge in [0, 0.05) is 17.8 Å². The van der Waals surface area contributed by atoms with Gasteiger partial charge in [0.15, 0.2) is 11.5 Å². The molecular formula is C15H20N2O2S. The van der Waals surface area contributed by atoms with Gasteiger partial charge in [0.05, 0.1) is 24.4 Å². The van der Waals surface area contributed by atoms with E-state index in [2.05, 4.69) is 10.3 Å². The molecule has 1 aromatic carbocycles. The second kappa shape index (κ2) is 7.26. The zero-order chi connectivity index (χ0) is 14.4. The molecule has 1 N–H and O–H groups in total. The third-order valence-electron chi connectivity index (χ3n) is 2.92. The Bertz CT molecular complexity index is 555. The summed E-state index contributed by atoms with van der Waals surface area (Å²) in [5, 5.41) is 4.27. The number of thiazole rings is 1. The van der Waals surface area contributed by atoms with E-state index in [1.165, 1.54) is 4.88 Å². The maximum Gasteiger partial charge on any atom is 0.161 e. The van der Waals surface area contributed by atoms with Crippen LogP contribution in [0.1, 0.15) is 15.6 Å². The Morgan fingerprint density at radius 3 is 2.70 bits per heavy atom. The molecule has 20 heavy (non-hydrogen) atoms. The molecule has 5 heteroatoms. The van der Waals surface area contributed by atoms with Crippen LogP contribution in [0.25, 0.3) is 0 Å². The quantitative estimate of drug-likeness (QED) is 0.852. The third kappa shape index (κ3) is 3.71. The average molecular weight is 292 g/mol.